The molecule has 1 heterocycles. The average Bonchev–Trinajstić information content (AvgIpc) is 3.10. The number of hydrogen-bond acceptors (Lipinski definition) is 7. The van der Waals surface area contributed by atoms with E-state index in [0.717, 1.165) is 44.9 Å². The number of fused-ring (bicyclic) bond motifs is 1. The molecule has 1 aliphatic carbocycles. The van der Waals surface area contributed by atoms with Crippen LogP contribution >= 0.6 is 0 Å². The first-order chi connectivity index (χ1) is 23.6. The summed E-state index contributed by atoms with van der Waals surface area (Å²) in [4.78, 5) is 43.7. The Morgan fingerprint density at radius 1 is 1.00 bits per heavy atom. The Hall–Kier alpha value is -4.03. The Morgan fingerprint density at radius 2 is 1.67 bits per heavy atom. The molecule has 0 spiro atoms. The molecule has 49 heavy (non-hydrogen) atoms. The predicted molar refractivity (Wildman–Crippen MR) is 191 cm³/mol. The lowest BCUT2D eigenvalue weighted by Crippen LogP contribution is -2.50. The van der Waals surface area contributed by atoms with Crippen LogP contribution in [-0.2, 0) is 4.74 Å². The molecule has 1 aliphatic heterocycles. The minimum absolute atomic E-state index is 0.116. The van der Waals surface area contributed by atoms with Crippen molar-refractivity contribution in [1.82, 2.24) is 15.1 Å². The third-order valence-electron chi connectivity index (χ3n) is 9.39. The van der Waals surface area contributed by atoms with Crippen molar-refractivity contribution in [2.75, 3.05) is 51.1 Å². The van der Waals surface area contributed by atoms with Crippen molar-refractivity contribution >= 4 is 29.3 Å². The van der Waals surface area contributed by atoms with Crippen molar-refractivity contribution in [2.45, 2.75) is 96.4 Å². The number of anilines is 2. The van der Waals surface area contributed by atoms with Crippen LogP contribution in [0.3, 0.4) is 0 Å². The maximum atomic E-state index is 14.4. The monoisotopic (exact) mass is 681 g/mol. The lowest BCUT2D eigenvalue weighted by Gasteiger charge is -2.36. The predicted octanol–water partition coefficient (Wildman–Crippen LogP) is 6.11. The van der Waals surface area contributed by atoms with E-state index >= 15 is 0 Å². The number of amides is 5. The molecule has 0 unspecified atom stereocenters. The van der Waals surface area contributed by atoms with Gasteiger partial charge in [-0.3, -0.25) is 4.79 Å². The summed E-state index contributed by atoms with van der Waals surface area (Å²) >= 11 is 0. The zero-order chi connectivity index (χ0) is 35.3. The molecule has 4 atom stereocenters. The summed E-state index contributed by atoms with van der Waals surface area (Å²) in [6.07, 6.45) is 7.39. The van der Waals surface area contributed by atoms with Gasteiger partial charge in [0.25, 0.3) is 5.91 Å². The van der Waals surface area contributed by atoms with E-state index in [1.54, 1.807) is 73.3 Å². The van der Waals surface area contributed by atoms with Gasteiger partial charge in [0.2, 0.25) is 0 Å². The minimum Gasteiger partial charge on any atom is -0.497 e. The van der Waals surface area contributed by atoms with Gasteiger partial charge in [-0.2, -0.15) is 0 Å². The first kappa shape index (κ1) is 37.8. The van der Waals surface area contributed by atoms with E-state index in [4.69, 9.17) is 14.2 Å². The highest BCUT2D eigenvalue weighted by molar-refractivity contribution is 6.02. The van der Waals surface area contributed by atoms with Gasteiger partial charge in [-0.25, -0.2) is 9.59 Å². The molecule has 4 N–H and O–H groups in total. The quantitative estimate of drug-likeness (QED) is 0.264. The molecule has 0 bridgehead atoms. The number of nitrogens with one attached hydrogen (secondary N) is 3. The fraction of sp³-hybridized carbons (Fsp3) is 0.595. The number of benzene rings is 2. The zero-order valence-corrected chi connectivity index (χ0v) is 29.7. The maximum absolute atomic E-state index is 14.4. The number of ether oxygens (including phenoxy) is 3. The minimum atomic E-state index is -0.518. The number of likely N-dealkylation sites (N-methyl/N-ethyl adjacent to an activating group) is 1. The van der Waals surface area contributed by atoms with Crippen LogP contribution in [0.4, 0.5) is 21.0 Å². The number of aliphatic hydroxyl groups is 1. The van der Waals surface area contributed by atoms with E-state index in [9.17, 15) is 19.5 Å². The first-order valence-electron chi connectivity index (χ1n) is 17.7. The molecule has 1 fully saturated rings. The fourth-order valence-electron chi connectivity index (χ4n) is 6.32. The maximum Gasteiger partial charge on any atom is 0.323 e. The van der Waals surface area contributed by atoms with E-state index in [0.29, 0.717) is 36.0 Å². The highest BCUT2D eigenvalue weighted by Gasteiger charge is 2.31. The van der Waals surface area contributed by atoms with E-state index in [1.165, 1.54) is 6.42 Å². The lowest BCUT2D eigenvalue weighted by atomic mass is 9.96. The van der Waals surface area contributed by atoms with Gasteiger partial charge < -0.3 is 45.1 Å². The number of aliphatic hydroxyl groups excluding tert-OH is 1. The molecule has 0 radical (unpaired) electrons. The molecular weight excluding hydrogens is 626 g/mol. The molecule has 4 rings (SSSR count). The SMILES string of the molecule is COc1ccc(NC(=O)Nc2ccc3c(c2)C(=O)N([C@@H](C)CO)C[C@@H](C)[C@@H](CN(C)C(=O)NC2CCCCC2)OCCCC[C@@H](C)O3)cc1. The molecule has 2 aromatic rings. The number of nitrogens with zero attached hydrogens (tertiary/aromatic N) is 2. The number of methoxy groups -OCH3 is 1. The largest absolute Gasteiger partial charge is 0.497 e. The average molecular weight is 682 g/mol. The topological polar surface area (TPSA) is 142 Å². The van der Waals surface area contributed by atoms with Crippen LogP contribution in [0.2, 0.25) is 0 Å². The Kier molecular flexibility index (Phi) is 14.4. The van der Waals surface area contributed by atoms with Crippen LogP contribution in [0.15, 0.2) is 42.5 Å². The summed E-state index contributed by atoms with van der Waals surface area (Å²) in [5.74, 6) is 0.566. The summed E-state index contributed by atoms with van der Waals surface area (Å²) < 4.78 is 17.9. The second kappa shape index (κ2) is 18.7. The van der Waals surface area contributed by atoms with E-state index < -0.39 is 12.1 Å². The van der Waals surface area contributed by atoms with Gasteiger partial charge in [-0.05, 0) is 88.4 Å². The Bertz CT molecular complexity index is 1370. The number of carbonyl (C=O) groups is 3. The molecule has 0 aromatic heterocycles. The van der Waals surface area contributed by atoms with Crippen molar-refractivity contribution in [3.8, 4) is 11.5 Å². The van der Waals surface area contributed by atoms with Crippen LogP contribution in [-0.4, -0.2) is 97.6 Å². The molecule has 5 amide bonds. The van der Waals surface area contributed by atoms with Crippen LogP contribution in [0.25, 0.3) is 0 Å². The second-order valence-electron chi connectivity index (χ2n) is 13.5. The van der Waals surface area contributed by atoms with Crippen LogP contribution in [0.1, 0.15) is 82.5 Å². The van der Waals surface area contributed by atoms with Crippen LogP contribution < -0.4 is 25.4 Å². The molecule has 1 saturated carbocycles. The van der Waals surface area contributed by atoms with Gasteiger partial charge in [0.15, 0.2) is 0 Å². The van der Waals surface area contributed by atoms with E-state index in [1.807, 2.05) is 13.8 Å². The van der Waals surface area contributed by atoms with Crippen molar-refractivity contribution in [1.29, 1.82) is 0 Å². The van der Waals surface area contributed by atoms with Crippen molar-refractivity contribution in [3.05, 3.63) is 48.0 Å². The third kappa shape index (κ3) is 11.3. The zero-order valence-electron chi connectivity index (χ0n) is 29.7. The molecule has 270 valence electrons. The Labute approximate surface area is 290 Å². The normalized spacial score (nSPS) is 21.7. The van der Waals surface area contributed by atoms with Crippen molar-refractivity contribution in [2.24, 2.45) is 5.92 Å². The van der Waals surface area contributed by atoms with Gasteiger partial charge >= 0.3 is 12.1 Å². The standard InChI is InChI=1S/C37H55N5O7/c1-25-22-42(26(2)24-43)35(44)32-21-30(39-36(45)38-29-14-17-31(47-5)18-15-29)16-19-33(32)49-27(3)11-9-10-20-48-34(25)23-41(4)37(46)40-28-12-7-6-8-13-28/h14-19,21,25-28,34,43H,6-13,20,22-24H2,1-5H3,(H,40,46)(H2,38,39,45)/t25-,26+,27-,34-/m1/s1. The summed E-state index contributed by atoms with van der Waals surface area (Å²) in [6, 6.07) is 11.1. The summed E-state index contributed by atoms with van der Waals surface area (Å²) in [6.45, 7) is 6.68. The summed E-state index contributed by atoms with van der Waals surface area (Å²) in [5, 5.41) is 19.0. The Balaban J connectivity index is 1.55. The summed E-state index contributed by atoms with van der Waals surface area (Å²) in [7, 11) is 3.36. The molecule has 2 aliphatic rings. The number of urea groups is 2. The third-order valence-corrected chi connectivity index (χ3v) is 9.39. The summed E-state index contributed by atoms with van der Waals surface area (Å²) in [5.41, 5.74) is 1.27. The second-order valence-corrected chi connectivity index (χ2v) is 13.5. The van der Waals surface area contributed by atoms with E-state index in [2.05, 4.69) is 16.0 Å². The lowest BCUT2D eigenvalue weighted by molar-refractivity contribution is -0.0123. The first-order valence-corrected chi connectivity index (χ1v) is 17.7. The molecule has 2 aromatic carbocycles. The van der Waals surface area contributed by atoms with Crippen molar-refractivity contribution < 1.29 is 33.7 Å². The number of rotatable bonds is 8. The van der Waals surface area contributed by atoms with E-state index in [-0.39, 0.29) is 54.8 Å². The highest BCUT2D eigenvalue weighted by atomic mass is 16.5. The fourth-order valence-corrected chi connectivity index (χ4v) is 6.32. The highest BCUT2D eigenvalue weighted by Crippen LogP contribution is 2.29. The van der Waals surface area contributed by atoms with Gasteiger partial charge in [0.1, 0.15) is 11.5 Å². The van der Waals surface area contributed by atoms with Gasteiger partial charge in [0.05, 0.1) is 37.5 Å². The van der Waals surface area contributed by atoms with Crippen LogP contribution in [0.5, 0.6) is 11.5 Å². The molecule has 12 nitrogen and oxygen atoms in total. The number of carbonyl (C=O) groups excluding carboxylic acids is 3. The van der Waals surface area contributed by atoms with Gasteiger partial charge in [0, 0.05) is 50.1 Å². The molecule has 0 saturated heterocycles. The molecule has 12 heteroatoms. The smallest absolute Gasteiger partial charge is 0.323 e. The van der Waals surface area contributed by atoms with Gasteiger partial charge in [-0.1, -0.05) is 26.2 Å². The van der Waals surface area contributed by atoms with Gasteiger partial charge in [-0.15, -0.1) is 0 Å². The van der Waals surface area contributed by atoms with Crippen molar-refractivity contribution in [3.63, 3.8) is 0 Å². The van der Waals surface area contributed by atoms with Crippen LogP contribution in [0, 0.1) is 5.92 Å². The number of hydrogen-bond donors (Lipinski definition) is 4. The Morgan fingerprint density at radius 3 is 2.37 bits per heavy atom. The molecular formula is C37H55N5O7.